The molecule has 0 aliphatic carbocycles. The maximum atomic E-state index is 10.8. The predicted octanol–water partition coefficient (Wildman–Crippen LogP) is 0.591. The van der Waals surface area contributed by atoms with E-state index >= 15 is 0 Å². The Balaban J connectivity index is 2.14. The van der Waals surface area contributed by atoms with Crippen molar-refractivity contribution in [3.05, 3.63) is 12.2 Å². The molecular weight excluding hydrogens is 216 g/mol. The molecule has 0 aromatic carbocycles. The Morgan fingerprint density at radius 1 is 1.59 bits per heavy atom. The minimum atomic E-state index is -0.625. The van der Waals surface area contributed by atoms with Crippen LogP contribution in [0.15, 0.2) is 6.33 Å². The smallest absolute Gasteiger partial charge is 0.138 e. The van der Waals surface area contributed by atoms with Gasteiger partial charge < -0.3 is 10.4 Å². The fraction of sp³-hybridized carbons (Fsp3) is 0.833. The first kappa shape index (κ1) is 12.5. The van der Waals surface area contributed by atoms with Crippen LogP contribution in [0, 0.1) is 5.92 Å². The molecule has 2 heterocycles. The predicted molar refractivity (Wildman–Crippen MR) is 65.6 cm³/mol. The fourth-order valence-electron chi connectivity index (χ4n) is 2.70. The highest BCUT2D eigenvalue weighted by Gasteiger charge is 2.38. The lowest BCUT2D eigenvalue weighted by Crippen LogP contribution is -2.51. The zero-order chi connectivity index (χ0) is 12.3. The minimum absolute atomic E-state index is 0.304. The lowest BCUT2D eigenvalue weighted by Gasteiger charge is -2.39. The molecule has 17 heavy (non-hydrogen) atoms. The van der Waals surface area contributed by atoms with Crippen molar-refractivity contribution in [3.63, 3.8) is 0 Å². The quantitative estimate of drug-likeness (QED) is 0.806. The van der Waals surface area contributed by atoms with Crippen LogP contribution in [0.5, 0.6) is 0 Å². The summed E-state index contributed by atoms with van der Waals surface area (Å²) in [6.45, 7) is 6.76. The van der Waals surface area contributed by atoms with Crippen molar-refractivity contribution in [1.82, 2.24) is 20.1 Å². The summed E-state index contributed by atoms with van der Waals surface area (Å²) in [5, 5.41) is 18.3. The van der Waals surface area contributed by atoms with Gasteiger partial charge in [-0.2, -0.15) is 5.10 Å². The molecule has 2 rings (SSSR count). The van der Waals surface area contributed by atoms with Crippen molar-refractivity contribution in [2.24, 2.45) is 5.92 Å². The number of nitrogens with zero attached hydrogens (tertiary/aromatic N) is 3. The van der Waals surface area contributed by atoms with Gasteiger partial charge in [0.05, 0.1) is 5.60 Å². The molecule has 0 saturated carbocycles. The number of hydrogen-bond acceptors (Lipinski definition) is 4. The largest absolute Gasteiger partial charge is 0.389 e. The molecule has 96 valence electrons. The van der Waals surface area contributed by atoms with Crippen LogP contribution in [0.3, 0.4) is 0 Å². The first-order valence-corrected chi connectivity index (χ1v) is 6.49. The van der Waals surface area contributed by atoms with Gasteiger partial charge in [0, 0.05) is 25.4 Å². The molecule has 2 N–H and O–H groups in total. The number of aromatic nitrogens is 3. The molecular formula is C12H22N4O. The third-order valence-corrected chi connectivity index (χ3v) is 3.84. The summed E-state index contributed by atoms with van der Waals surface area (Å²) in [6.07, 6.45) is 3.97. The van der Waals surface area contributed by atoms with E-state index in [0.717, 1.165) is 38.3 Å². The second-order valence-electron chi connectivity index (χ2n) is 4.83. The van der Waals surface area contributed by atoms with Gasteiger partial charge in [-0.05, 0) is 26.3 Å². The normalized spacial score (nSPS) is 29.5. The van der Waals surface area contributed by atoms with Crippen LogP contribution in [0.1, 0.15) is 32.5 Å². The van der Waals surface area contributed by atoms with Gasteiger partial charge in [-0.1, -0.05) is 6.92 Å². The fourth-order valence-corrected chi connectivity index (χ4v) is 2.70. The van der Waals surface area contributed by atoms with E-state index < -0.39 is 5.60 Å². The van der Waals surface area contributed by atoms with Crippen LogP contribution >= 0.6 is 0 Å². The minimum Gasteiger partial charge on any atom is -0.389 e. The van der Waals surface area contributed by atoms with Crippen LogP contribution in [-0.4, -0.2) is 38.6 Å². The van der Waals surface area contributed by atoms with Crippen LogP contribution < -0.4 is 5.32 Å². The summed E-state index contributed by atoms with van der Waals surface area (Å²) in [5.41, 5.74) is -0.625. The Morgan fingerprint density at radius 3 is 3.12 bits per heavy atom. The molecule has 0 spiro atoms. The summed E-state index contributed by atoms with van der Waals surface area (Å²) in [7, 11) is 0. The Bertz CT molecular complexity index is 365. The van der Waals surface area contributed by atoms with Crippen LogP contribution in [0.4, 0.5) is 0 Å². The number of hydrogen-bond donors (Lipinski definition) is 2. The van der Waals surface area contributed by atoms with Gasteiger partial charge in [0.25, 0.3) is 0 Å². The van der Waals surface area contributed by atoms with Gasteiger partial charge >= 0.3 is 0 Å². The van der Waals surface area contributed by atoms with Gasteiger partial charge in [0.15, 0.2) is 0 Å². The standard InChI is InChI=1S/C12H22N4O/c1-3-10-8-13-6-5-12(10,17)7-11-14-9-15-16(11)4-2/h9-10,13,17H,3-8H2,1-2H3. The molecule has 1 aliphatic rings. The van der Waals surface area contributed by atoms with E-state index in [-0.39, 0.29) is 0 Å². The Hall–Kier alpha value is -0.940. The molecule has 5 heteroatoms. The van der Waals surface area contributed by atoms with Crippen molar-refractivity contribution >= 4 is 0 Å². The highest BCUT2D eigenvalue weighted by atomic mass is 16.3. The van der Waals surface area contributed by atoms with Gasteiger partial charge in [0.2, 0.25) is 0 Å². The Kier molecular flexibility index (Phi) is 3.79. The summed E-state index contributed by atoms with van der Waals surface area (Å²) in [5.74, 6) is 1.20. The van der Waals surface area contributed by atoms with Gasteiger partial charge in [-0.15, -0.1) is 0 Å². The third-order valence-electron chi connectivity index (χ3n) is 3.84. The van der Waals surface area contributed by atoms with E-state index in [9.17, 15) is 5.11 Å². The zero-order valence-corrected chi connectivity index (χ0v) is 10.7. The molecule has 1 saturated heterocycles. The van der Waals surface area contributed by atoms with Crippen LogP contribution in [0.25, 0.3) is 0 Å². The topological polar surface area (TPSA) is 63.0 Å². The van der Waals surface area contributed by atoms with E-state index in [1.165, 1.54) is 0 Å². The maximum absolute atomic E-state index is 10.8. The molecule has 0 radical (unpaired) electrons. The van der Waals surface area contributed by atoms with Gasteiger partial charge in [-0.25, -0.2) is 4.98 Å². The van der Waals surface area contributed by atoms with E-state index in [1.807, 2.05) is 11.6 Å². The zero-order valence-electron chi connectivity index (χ0n) is 10.7. The number of piperidine rings is 1. The molecule has 0 amide bonds. The second kappa shape index (κ2) is 5.14. The van der Waals surface area contributed by atoms with Crippen molar-refractivity contribution in [3.8, 4) is 0 Å². The summed E-state index contributed by atoms with van der Waals surface area (Å²) < 4.78 is 1.87. The number of rotatable bonds is 4. The highest BCUT2D eigenvalue weighted by Crippen LogP contribution is 2.30. The first-order chi connectivity index (χ1) is 8.19. The lowest BCUT2D eigenvalue weighted by molar-refractivity contribution is -0.0435. The molecule has 2 atom stereocenters. The highest BCUT2D eigenvalue weighted by molar-refractivity contribution is 5.00. The number of aliphatic hydroxyl groups is 1. The van der Waals surface area contributed by atoms with E-state index in [1.54, 1.807) is 6.33 Å². The van der Waals surface area contributed by atoms with Crippen LogP contribution in [0.2, 0.25) is 0 Å². The SMILES string of the molecule is CCC1CNCCC1(O)Cc1ncnn1CC. The van der Waals surface area contributed by atoms with Crippen molar-refractivity contribution in [2.75, 3.05) is 13.1 Å². The maximum Gasteiger partial charge on any atom is 0.138 e. The Morgan fingerprint density at radius 2 is 2.41 bits per heavy atom. The van der Waals surface area contributed by atoms with E-state index in [0.29, 0.717) is 12.3 Å². The van der Waals surface area contributed by atoms with E-state index in [4.69, 9.17) is 0 Å². The molecule has 1 aromatic rings. The van der Waals surface area contributed by atoms with Crippen molar-refractivity contribution in [2.45, 2.75) is 45.3 Å². The van der Waals surface area contributed by atoms with Crippen LogP contribution in [-0.2, 0) is 13.0 Å². The number of nitrogens with one attached hydrogen (secondary N) is 1. The van der Waals surface area contributed by atoms with Crippen molar-refractivity contribution < 1.29 is 5.11 Å². The monoisotopic (exact) mass is 238 g/mol. The molecule has 2 unspecified atom stereocenters. The molecule has 1 aromatic heterocycles. The van der Waals surface area contributed by atoms with E-state index in [2.05, 4.69) is 22.3 Å². The van der Waals surface area contributed by atoms with Gasteiger partial charge in [-0.3, -0.25) is 4.68 Å². The van der Waals surface area contributed by atoms with Crippen molar-refractivity contribution in [1.29, 1.82) is 0 Å². The number of aryl methyl sites for hydroxylation is 1. The molecule has 0 bridgehead atoms. The molecule has 5 nitrogen and oxygen atoms in total. The first-order valence-electron chi connectivity index (χ1n) is 6.49. The van der Waals surface area contributed by atoms with Gasteiger partial charge in [0.1, 0.15) is 12.2 Å². The molecule has 1 aliphatic heterocycles. The molecule has 1 fully saturated rings. The average molecular weight is 238 g/mol. The second-order valence-corrected chi connectivity index (χ2v) is 4.83. The summed E-state index contributed by atoms with van der Waals surface area (Å²) in [6, 6.07) is 0. The summed E-state index contributed by atoms with van der Waals surface area (Å²) in [4.78, 5) is 4.27. The average Bonchev–Trinajstić information content (AvgIpc) is 2.76. The lowest BCUT2D eigenvalue weighted by atomic mass is 9.77. The third kappa shape index (κ3) is 2.50. The Labute approximate surface area is 102 Å². The summed E-state index contributed by atoms with van der Waals surface area (Å²) >= 11 is 0.